The number of H-pyrrole nitrogens is 1. The Morgan fingerprint density at radius 2 is 2.00 bits per heavy atom. The van der Waals surface area contributed by atoms with Gasteiger partial charge in [0.1, 0.15) is 0 Å². The van der Waals surface area contributed by atoms with E-state index in [0.29, 0.717) is 12.0 Å². The SMILES string of the molecule is Cc1cc2cc(CC(C)(C)C(=O)O)ccc2[nH]c1=O. The van der Waals surface area contributed by atoms with Gasteiger partial charge in [-0.2, -0.15) is 0 Å². The van der Waals surface area contributed by atoms with Crippen LogP contribution in [0.4, 0.5) is 0 Å². The summed E-state index contributed by atoms with van der Waals surface area (Å²) in [6.45, 7) is 5.17. The van der Waals surface area contributed by atoms with E-state index >= 15 is 0 Å². The molecule has 0 bridgehead atoms. The Labute approximate surface area is 111 Å². The van der Waals surface area contributed by atoms with E-state index in [-0.39, 0.29) is 5.56 Å². The zero-order valence-corrected chi connectivity index (χ0v) is 11.3. The van der Waals surface area contributed by atoms with E-state index in [0.717, 1.165) is 16.5 Å². The number of pyridine rings is 1. The number of carboxylic acids is 1. The molecule has 0 amide bonds. The number of aliphatic carboxylic acids is 1. The van der Waals surface area contributed by atoms with Crippen molar-refractivity contribution in [1.29, 1.82) is 0 Å². The molecular weight excluding hydrogens is 242 g/mol. The van der Waals surface area contributed by atoms with Gasteiger partial charge in [-0.3, -0.25) is 9.59 Å². The second-order valence-electron chi connectivity index (χ2n) is 5.57. The molecule has 2 aromatic rings. The Kier molecular flexibility index (Phi) is 3.18. The largest absolute Gasteiger partial charge is 0.481 e. The van der Waals surface area contributed by atoms with Crippen molar-refractivity contribution in [1.82, 2.24) is 4.98 Å². The Bertz CT molecular complexity index is 698. The van der Waals surface area contributed by atoms with Gasteiger partial charge >= 0.3 is 5.97 Å². The Balaban J connectivity index is 2.45. The van der Waals surface area contributed by atoms with Crippen LogP contribution >= 0.6 is 0 Å². The highest BCUT2D eigenvalue weighted by molar-refractivity contribution is 5.80. The number of hydrogen-bond donors (Lipinski definition) is 2. The fraction of sp³-hybridized carbons (Fsp3) is 0.333. The molecule has 2 rings (SSSR count). The van der Waals surface area contributed by atoms with E-state index in [9.17, 15) is 9.59 Å². The van der Waals surface area contributed by atoms with Crippen LogP contribution in [0.15, 0.2) is 29.1 Å². The van der Waals surface area contributed by atoms with Crippen molar-refractivity contribution in [2.24, 2.45) is 5.41 Å². The number of aromatic nitrogens is 1. The summed E-state index contributed by atoms with van der Waals surface area (Å²) in [5, 5.41) is 10.1. The fourth-order valence-corrected chi connectivity index (χ4v) is 2.06. The van der Waals surface area contributed by atoms with Crippen molar-refractivity contribution in [3.8, 4) is 0 Å². The van der Waals surface area contributed by atoms with Crippen LogP contribution in [0.25, 0.3) is 10.9 Å². The molecule has 4 nitrogen and oxygen atoms in total. The second-order valence-corrected chi connectivity index (χ2v) is 5.57. The van der Waals surface area contributed by atoms with E-state index in [4.69, 9.17) is 5.11 Å². The first-order valence-electron chi connectivity index (χ1n) is 6.15. The lowest BCUT2D eigenvalue weighted by Gasteiger charge is -2.19. The first kappa shape index (κ1) is 13.3. The third-order valence-electron chi connectivity index (χ3n) is 3.32. The molecule has 0 unspecified atom stereocenters. The van der Waals surface area contributed by atoms with Gasteiger partial charge in [-0.15, -0.1) is 0 Å². The van der Waals surface area contributed by atoms with Gasteiger partial charge in [0.25, 0.3) is 5.56 Å². The number of hydrogen-bond acceptors (Lipinski definition) is 2. The van der Waals surface area contributed by atoms with Crippen LogP contribution in [0.2, 0.25) is 0 Å². The normalized spacial score (nSPS) is 11.7. The summed E-state index contributed by atoms with van der Waals surface area (Å²) in [7, 11) is 0. The van der Waals surface area contributed by atoms with Crippen molar-refractivity contribution in [3.05, 3.63) is 45.7 Å². The van der Waals surface area contributed by atoms with Crippen molar-refractivity contribution in [2.75, 3.05) is 0 Å². The highest BCUT2D eigenvalue weighted by Crippen LogP contribution is 2.24. The first-order valence-corrected chi connectivity index (χ1v) is 6.15. The first-order chi connectivity index (χ1) is 8.79. The minimum Gasteiger partial charge on any atom is -0.481 e. The maximum atomic E-state index is 11.5. The molecule has 0 aliphatic rings. The minimum atomic E-state index is -0.815. The van der Waals surface area contributed by atoms with Crippen molar-refractivity contribution in [2.45, 2.75) is 27.2 Å². The molecule has 1 aromatic heterocycles. The quantitative estimate of drug-likeness (QED) is 0.889. The average molecular weight is 259 g/mol. The number of nitrogens with one attached hydrogen (secondary N) is 1. The number of fused-ring (bicyclic) bond motifs is 1. The molecule has 1 aromatic carbocycles. The molecule has 0 saturated heterocycles. The van der Waals surface area contributed by atoms with Crippen LogP contribution in [0, 0.1) is 12.3 Å². The van der Waals surface area contributed by atoms with Gasteiger partial charge in [-0.1, -0.05) is 6.07 Å². The molecule has 2 N–H and O–H groups in total. The summed E-state index contributed by atoms with van der Waals surface area (Å²) in [5.74, 6) is -0.815. The van der Waals surface area contributed by atoms with E-state index in [2.05, 4.69) is 4.98 Å². The van der Waals surface area contributed by atoms with Crippen molar-refractivity contribution in [3.63, 3.8) is 0 Å². The van der Waals surface area contributed by atoms with E-state index in [1.54, 1.807) is 20.8 Å². The fourth-order valence-electron chi connectivity index (χ4n) is 2.06. The summed E-state index contributed by atoms with van der Waals surface area (Å²) in [5.41, 5.74) is 1.48. The lowest BCUT2D eigenvalue weighted by atomic mass is 9.85. The lowest BCUT2D eigenvalue weighted by molar-refractivity contribution is -0.146. The third-order valence-corrected chi connectivity index (χ3v) is 3.32. The van der Waals surface area contributed by atoms with Crippen LogP contribution < -0.4 is 5.56 Å². The van der Waals surface area contributed by atoms with Gasteiger partial charge in [0, 0.05) is 11.1 Å². The van der Waals surface area contributed by atoms with Crippen LogP contribution in [-0.4, -0.2) is 16.1 Å². The van der Waals surface area contributed by atoms with Gasteiger partial charge in [-0.05, 0) is 56.3 Å². The molecule has 100 valence electrons. The van der Waals surface area contributed by atoms with Crippen LogP contribution in [0.3, 0.4) is 0 Å². The van der Waals surface area contributed by atoms with Crippen LogP contribution in [0.1, 0.15) is 25.0 Å². The van der Waals surface area contributed by atoms with E-state index < -0.39 is 11.4 Å². The number of benzene rings is 1. The molecule has 19 heavy (non-hydrogen) atoms. The standard InChI is InChI=1S/C15H17NO3/c1-9-6-11-7-10(8-15(2,3)14(18)19)4-5-12(11)16-13(9)17/h4-7H,8H2,1-3H3,(H,16,17)(H,18,19). The molecule has 1 heterocycles. The Hall–Kier alpha value is -2.10. The monoisotopic (exact) mass is 259 g/mol. The lowest BCUT2D eigenvalue weighted by Crippen LogP contribution is -2.26. The maximum Gasteiger partial charge on any atom is 0.309 e. The molecule has 0 spiro atoms. The summed E-state index contributed by atoms with van der Waals surface area (Å²) >= 11 is 0. The zero-order chi connectivity index (χ0) is 14.2. The molecule has 0 saturated carbocycles. The van der Waals surface area contributed by atoms with Crippen molar-refractivity contribution >= 4 is 16.9 Å². The van der Waals surface area contributed by atoms with Gasteiger partial charge in [0.05, 0.1) is 5.41 Å². The van der Waals surface area contributed by atoms with Gasteiger partial charge in [-0.25, -0.2) is 0 Å². The predicted molar refractivity (Wildman–Crippen MR) is 74.4 cm³/mol. The van der Waals surface area contributed by atoms with E-state index in [1.165, 1.54) is 0 Å². The maximum absolute atomic E-state index is 11.5. The molecule has 0 aliphatic carbocycles. The number of aryl methyl sites for hydroxylation is 1. The zero-order valence-electron chi connectivity index (χ0n) is 11.3. The average Bonchev–Trinajstić information content (AvgIpc) is 2.30. The third kappa shape index (κ3) is 2.67. The van der Waals surface area contributed by atoms with Crippen molar-refractivity contribution < 1.29 is 9.90 Å². The number of carbonyl (C=O) groups is 1. The van der Waals surface area contributed by atoms with Crippen LogP contribution in [-0.2, 0) is 11.2 Å². The molecular formula is C15H17NO3. The summed E-state index contributed by atoms with van der Waals surface area (Å²) in [4.78, 5) is 25.4. The highest BCUT2D eigenvalue weighted by atomic mass is 16.4. The van der Waals surface area contributed by atoms with Gasteiger partial charge < -0.3 is 10.1 Å². The Morgan fingerprint density at radius 1 is 1.32 bits per heavy atom. The second kappa shape index (κ2) is 4.53. The highest BCUT2D eigenvalue weighted by Gasteiger charge is 2.27. The van der Waals surface area contributed by atoms with Gasteiger partial charge in [0.2, 0.25) is 0 Å². The number of carboxylic acid groups (broad SMARTS) is 1. The summed E-state index contributed by atoms with van der Waals surface area (Å²) in [6, 6.07) is 7.44. The Morgan fingerprint density at radius 3 is 2.63 bits per heavy atom. The minimum absolute atomic E-state index is 0.0916. The molecule has 4 heteroatoms. The van der Waals surface area contributed by atoms with Gasteiger partial charge in [0.15, 0.2) is 0 Å². The number of aromatic amines is 1. The predicted octanol–water partition coefficient (Wildman–Crippen LogP) is 2.49. The topological polar surface area (TPSA) is 70.2 Å². The smallest absolute Gasteiger partial charge is 0.309 e. The molecule has 0 fully saturated rings. The molecule has 0 aliphatic heterocycles. The van der Waals surface area contributed by atoms with E-state index in [1.807, 2.05) is 24.3 Å². The summed E-state index contributed by atoms with van der Waals surface area (Å²) < 4.78 is 0. The molecule has 0 radical (unpaired) electrons. The summed E-state index contributed by atoms with van der Waals surface area (Å²) in [6.07, 6.45) is 0.455. The molecule has 0 atom stereocenters. The number of rotatable bonds is 3. The van der Waals surface area contributed by atoms with Crippen LogP contribution in [0.5, 0.6) is 0 Å².